The zero-order chi connectivity index (χ0) is 14.7. The topological polar surface area (TPSA) is 59.7 Å². The molecule has 0 spiro atoms. The molecule has 3 rings (SSSR count). The molecule has 1 aliphatic rings. The van der Waals surface area contributed by atoms with Gasteiger partial charge in [0.05, 0.1) is 0 Å². The Morgan fingerprint density at radius 1 is 1.14 bits per heavy atom. The molecule has 0 amide bonds. The van der Waals surface area contributed by atoms with Crippen LogP contribution in [0.3, 0.4) is 0 Å². The van der Waals surface area contributed by atoms with Gasteiger partial charge in [-0.1, -0.05) is 6.92 Å². The minimum Gasteiger partial charge on any atom is -0.341 e. The van der Waals surface area contributed by atoms with E-state index in [4.69, 9.17) is 11.6 Å². The molecule has 2 aromatic rings. The summed E-state index contributed by atoms with van der Waals surface area (Å²) in [5.41, 5.74) is 0.888. The van der Waals surface area contributed by atoms with Gasteiger partial charge in [0.1, 0.15) is 5.69 Å². The first kappa shape index (κ1) is 14.3. The molecular formula is C14H19ClN6. The van der Waals surface area contributed by atoms with Gasteiger partial charge in [-0.2, -0.15) is 20.1 Å². The average Bonchev–Trinajstić information content (AvgIpc) is 2.96. The van der Waals surface area contributed by atoms with Crippen LogP contribution in [0.25, 0.3) is 11.5 Å². The van der Waals surface area contributed by atoms with Crippen molar-refractivity contribution in [1.82, 2.24) is 24.7 Å². The van der Waals surface area contributed by atoms with Gasteiger partial charge in [-0.25, -0.2) is 0 Å². The van der Waals surface area contributed by atoms with Crippen LogP contribution >= 0.6 is 11.6 Å². The highest BCUT2D eigenvalue weighted by atomic mass is 35.5. The molecule has 112 valence electrons. The summed E-state index contributed by atoms with van der Waals surface area (Å²) in [5.74, 6) is 1.27. The number of nitrogens with zero attached hydrogens (tertiary/aromatic N) is 6. The molecule has 0 N–H and O–H groups in total. The van der Waals surface area contributed by atoms with E-state index < -0.39 is 0 Å². The lowest BCUT2D eigenvalue weighted by Crippen LogP contribution is -2.31. The lowest BCUT2D eigenvalue weighted by molar-refractivity contribution is 0.567. The first-order valence-corrected chi connectivity index (χ1v) is 7.84. The summed E-state index contributed by atoms with van der Waals surface area (Å²) >= 11 is 6.10. The van der Waals surface area contributed by atoms with Gasteiger partial charge in [0, 0.05) is 25.8 Å². The summed E-state index contributed by atoms with van der Waals surface area (Å²) < 4.78 is 1.91. The van der Waals surface area contributed by atoms with Gasteiger partial charge < -0.3 is 4.90 Å². The SMILES string of the molecule is CCCn1nccc1-c1nc(Cl)nc(N2CCCCC2)n1. The molecule has 6 nitrogen and oxygen atoms in total. The Bertz CT molecular complexity index is 605. The molecule has 7 heteroatoms. The third-order valence-electron chi connectivity index (χ3n) is 3.62. The maximum absolute atomic E-state index is 6.10. The number of anilines is 1. The Balaban J connectivity index is 1.95. The van der Waals surface area contributed by atoms with Gasteiger partial charge in [-0.3, -0.25) is 4.68 Å². The van der Waals surface area contributed by atoms with Crippen LogP contribution in [-0.4, -0.2) is 37.8 Å². The van der Waals surface area contributed by atoms with E-state index in [-0.39, 0.29) is 5.28 Å². The van der Waals surface area contributed by atoms with Crippen molar-refractivity contribution in [3.8, 4) is 11.5 Å². The lowest BCUT2D eigenvalue weighted by Gasteiger charge is -2.26. The quantitative estimate of drug-likeness (QED) is 0.869. The Morgan fingerprint density at radius 3 is 2.71 bits per heavy atom. The predicted octanol–water partition coefficient (Wildman–Crippen LogP) is 2.79. The summed E-state index contributed by atoms with van der Waals surface area (Å²) in [6.45, 7) is 4.91. The molecule has 0 saturated carbocycles. The van der Waals surface area contributed by atoms with Gasteiger partial charge >= 0.3 is 0 Å². The monoisotopic (exact) mass is 306 g/mol. The summed E-state index contributed by atoms with van der Waals surface area (Å²) in [7, 11) is 0. The van der Waals surface area contributed by atoms with Crippen LogP contribution in [-0.2, 0) is 6.54 Å². The summed E-state index contributed by atoms with van der Waals surface area (Å²) in [6.07, 6.45) is 6.39. The van der Waals surface area contributed by atoms with E-state index in [2.05, 4.69) is 31.9 Å². The molecule has 0 aromatic carbocycles. The molecule has 3 heterocycles. The maximum Gasteiger partial charge on any atom is 0.230 e. The number of rotatable bonds is 4. The summed E-state index contributed by atoms with van der Waals surface area (Å²) in [4.78, 5) is 15.3. The fourth-order valence-electron chi connectivity index (χ4n) is 2.60. The second kappa shape index (κ2) is 6.39. The van der Waals surface area contributed by atoms with Crippen molar-refractivity contribution in [2.24, 2.45) is 0 Å². The van der Waals surface area contributed by atoms with Crippen LogP contribution in [0.1, 0.15) is 32.6 Å². The molecule has 0 bridgehead atoms. The molecule has 0 unspecified atom stereocenters. The Kier molecular flexibility index (Phi) is 4.34. The molecule has 1 saturated heterocycles. The second-order valence-electron chi connectivity index (χ2n) is 5.22. The zero-order valence-electron chi connectivity index (χ0n) is 12.2. The van der Waals surface area contributed by atoms with Crippen LogP contribution in [0, 0.1) is 0 Å². The minimum absolute atomic E-state index is 0.241. The highest BCUT2D eigenvalue weighted by Gasteiger charge is 2.17. The zero-order valence-corrected chi connectivity index (χ0v) is 12.9. The second-order valence-corrected chi connectivity index (χ2v) is 5.55. The number of halogens is 1. The van der Waals surface area contributed by atoms with Gasteiger partial charge in [0.2, 0.25) is 11.2 Å². The van der Waals surface area contributed by atoms with Crippen molar-refractivity contribution in [3.05, 3.63) is 17.5 Å². The number of piperidine rings is 1. The highest BCUT2D eigenvalue weighted by Crippen LogP contribution is 2.22. The first-order valence-electron chi connectivity index (χ1n) is 7.46. The third-order valence-corrected chi connectivity index (χ3v) is 3.79. The van der Waals surface area contributed by atoms with Crippen LogP contribution in [0.2, 0.25) is 5.28 Å². The summed E-state index contributed by atoms with van der Waals surface area (Å²) in [6, 6.07) is 1.92. The molecule has 1 aliphatic heterocycles. The molecule has 0 atom stereocenters. The fraction of sp³-hybridized carbons (Fsp3) is 0.571. The number of aromatic nitrogens is 5. The van der Waals surface area contributed by atoms with Crippen molar-refractivity contribution in [2.75, 3.05) is 18.0 Å². The largest absolute Gasteiger partial charge is 0.341 e. The van der Waals surface area contributed by atoms with Crippen molar-refractivity contribution in [1.29, 1.82) is 0 Å². The fourth-order valence-corrected chi connectivity index (χ4v) is 2.76. The van der Waals surface area contributed by atoms with Crippen LogP contribution in [0.5, 0.6) is 0 Å². The van der Waals surface area contributed by atoms with Crippen molar-refractivity contribution < 1.29 is 0 Å². The van der Waals surface area contributed by atoms with E-state index in [1.165, 1.54) is 19.3 Å². The molecule has 21 heavy (non-hydrogen) atoms. The van der Waals surface area contributed by atoms with Gasteiger partial charge in [0.25, 0.3) is 0 Å². The van der Waals surface area contributed by atoms with E-state index in [1.807, 2.05) is 10.7 Å². The Morgan fingerprint density at radius 2 is 1.95 bits per heavy atom. The van der Waals surface area contributed by atoms with Crippen molar-refractivity contribution >= 4 is 17.5 Å². The summed E-state index contributed by atoms with van der Waals surface area (Å²) in [5, 5.41) is 4.55. The molecular weight excluding hydrogens is 288 g/mol. The Hall–Kier alpha value is -1.69. The van der Waals surface area contributed by atoms with E-state index >= 15 is 0 Å². The molecule has 0 radical (unpaired) electrons. The van der Waals surface area contributed by atoms with E-state index in [0.29, 0.717) is 11.8 Å². The lowest BCUT2D eigenvalue weighted by atomic mass is 10.1. The van der Waals surface area contributed by atoms with E-state index in [1.54, 1.807) is 6.20 Å². The first-order chi connectivity index (χ1) is 10.3. The number of aryl methyl sites for hydroxylation is 1. The predicted molar refractivity (Wildman–Crippen MR) is 82.4 cm³/mol. The molecule has 2 aromatic heterocycles. The smallest absolute Gasteiger partial charge is 0.230 e. The average molecular weight is 307 g/mol. The molecule has 0 aliphatic carbocycles. The third kappa shape index (κ3) is 3.15. The standard InChI is InChI=1S/C14H19ClN6/c1-2-8-21-11(6-7-16-21)12-17-13(15)19-14(18-12)20-9-4-3-5-10-20/h6-7H,2-5,8-10H2,1H3. The van der Waals surface area contributed by atoms with Crippen LogP contribution in [0.4, 0.5) is 5.95 Å². The highest BCUT2D eigenvalue weighted by molar-refractivity contribution is 6.28. The maximum atomic E-state index is 6.10. The van der Waals surface area contributed by atoms with Crippen molar-refractivity contribution in [2.45, 2.75) is 39.2 Å². The van der Waals surface area contributed by atoms with Crippen LogP contribution in [0.15, 0.2) is 12.3 Å². The van der Waals surface area contributed by atoms with E-state index in [9.17, 15) is 0 Å². The van der Waals surface area contributed by atoms with Crippen molar-refractivity contribution in [3.63, 3.8) is 0 Å². The van der Waals surface area contributed by atoms with E-state index in [0.717, 1.165) is 31.7 Å². The van der Waals surface area contributed by atoms with Gasteiger partial charge in [0.15, 0.2) is 5.82 Å². The number of hydrogen-bond acceptors (Lipinski definition) is 5. The normalized spacial score (nSPS) is 15.4. The van der Waals surface area contributed by atoms with Gasteiger partial charge in [-0.15, -0.1) is 0 Å². The number of hydrogen-bond donors (Lipinski definition) is 0. The minimum atomic E-state index is 0.241. The van der Waals surface area contributed by atoms with Gasteiger partial charge in [-0.05, 0) is 43.4 Å². The van der Waals surface area contributed by atoms with Crippen LogP contribution < -0.4 is 4.90 Å². The Labute approximate surface area is 129 Å². The molecule has 1 fully saturated rings.